The minimum Gasteiger partial charge on any atom is -0.375 e. The van der Waals surface area contributed by atoms with Crippen molar-refractivity contribution in [1.82, 2.24) is 5.32 Å². The Labute approximate surface area is 111 Å². The Morgan fingerprint density at radius 3 is 2.83 bits per heavy atom. The van der Waals surface area contributed by atoms with Crippen LogP contribution >= 0.6 is 0 Å². The van der Waals surface area contributed by atoms with Crippen LogP contribution in [0.15, 0.2) is 0 Å². The molecule has 0 spiro atoms. The number of hydrogen-bond acceptors (Lipinski definition) is 3. The van der Waals surface area contributed by atoms with E-state index in [1.807, 2.05) is 0 Å². The van der Waals surface area contributed by atoms with Crippen LogP contribution in [0.2, 0.25) is 0 Å². The van der Waals surface area contributed by atoms with Gasteiger partial charge in [-0.15, -0.1) is 0 Å². The van der Waals surface area contributed by atoms with Crippen molar-refractivity contribution in [3.05, 3.63) is 0 Å². The van der Waals surface area contributed by atoms with Crippen LogP contribution < -0.4 is 11.1 Å². The van der Waals surface area contributed by atoms with Crippen molar-refractivity contribution in [2.24, 2.45) is 11.7 Å². The third kappa shape index (κ3) is 5.83. The smallest absolute Gasteiger partial charge is 0.220 e. The quantitative estimate of drug-likeness (QED) is 0.762. The summed E-state index contributed by atoms with van der Waals surface area (Å²) in [5.41, 5.74) is 5.39. The Morgan fingerprint density at radius 1 is 1.50 bits per heavy atom. The topological polar surface area (TPSA) is 64.4 Å². The number of ether oxygens (including phenoxy) is 1. The van der Waals surface area contributed by atoms with Crippen LogP contribution in [0.3, 0.4) is 0 Å². The normalized spacial score (nSPS) is 24.6. The van der Waals surface area contributed by atoms with Gasteiger partial charge in [0.2, 0.25) is 5.91 Å². The van der Waals surface area contributed by atoms with Crippen LogP contribution in [-0.2, 0) is 9.53 Å². The van der Waals surface area contributed by atoms with Crippen molar-refractivity contribution in [3.63, 3.8) is 0 Å². The molecular formula is C14H28N2O2. The van der Waals surface area contributed by atoms with E-state index in [1.54, 1.807) is 0 Å². The first-order valence-electron chi connectivity index (χ1n) is 7.06. The molecule has 4 nitrogen and oxygen atoms in total. The minimum absolute atomic E-state index is 0.108. The summed E-state index contributed by atoms with van der Waals surface area (Å²) >= 11 is 0. The van der Waals surface area contributed by atoms with Crippen LogP contribution in [0, 0.1) is 5.92 Å². The molecule has 0 aromatic heterocycles. The van der Waals surface area contributed by atoms with E-state index in [0.717, 1.165) is 32.3 Å². The van der Waals surface area contributed by atoms with Gasteiger partial charge in [0, 0.05) is 19.1 Å². The van der Waals surface area contributed by atoms with Crippen LogP contribution in [0.4, 0.5) is 0 Å². The highest BCUT2D eigenvalue weighted by molar-refractivity contribution is 5.76. The van der Waals surface area contributed by atoms with Crippen molar-refractivity contribution in [3.8, 4) is 0 Å². The number of carbonyl (C=O) groups excluding carboxylic acids is 1. The minimum atomic E-state index is -0.108. The average molecular weight is 256 g/mol. The van der Waals surface area contributed by atoms with Gasteiger partial charge in [-0.2, -0.15) is 0 Å². The molecule has 0 bridgehead atoms. The maximum Gasteiger partial charge on any atom is 0.220 e. The van der Waals surface area contributed by atoms with Crippen molar-refractivity contribution in [2.45, 2.75) is 64.5 Å². The number of hydrogen-bond donors (Lipinski definition) is 2. The van der Waals surface area contributed by atoms with Crippen LogP contribution in [0.1, 0.15) is 52.9 Å². The van der Waals surface area contributed by atoms with Crippen molar-refractivity contribution >= 4 is 5.91 Å². The maximum atomic E-state index is 11.8. The summed E-state index contributed by atoms with van der Waals surface area (Å²) in [6.07, 6.45) is 4.36. The lowest BCUT2D eigenvalue weighted by Crippen LogP contribution is -2.45. The number of nitrogens with two attached hydrogens (primary N) is 1. The van der Waals surface area contributed by atoms with Gasteiger partial charge < -0.3 is 15.8 Å². The lowest BCUT2D eigenvalue weighted by Gasteiger charge is -2.35. The molecule has 2 unspecified atom stereocenters. The van der Waals surface area contributed by atoms with Gasteiger partial charge >= 0.3 is 0 Å². The van der Waals surface area contributed by atoms with Crippen molar-refractivity contribution in [1.29, 1.82) is 0 Å². The first-order chi connectivity index (χ1) is 8.43. The van der Waals surface area contributed by atoms with E-state index in [1.165, 1.54) is 0 Å². The fourth-order valence-corrected chi connectivity index (χ4v) is 2.46. The molecule has 0 saturated carbocycles. The Hall–Kier alpha value is -0.610. The van der Waals surface area contributed by atoms with Gasteiger partial charge in [-0.05, 0) is 52.0 Å². The third-order valence-electron chi connectivity index (χ3n) is 3.59. The first kappa shape index (κ1) is 15.4. The van der Waals surface area contributed by atoms with Gasteiger partial charge in [-0.25, -0.2) is 0 Å². The summed E-state index contributed by atoms with van der Waals surface area (Å²) in [6.45, 7) is 7.75. The second-order valence-corrected chi connectivity index (χ2v) is 6.09. The summed E-state index contributed by atoms with van der Waals surface area (Å²) in [5, 5.41) is 3.12. The summed E-state index contributed by atoms with van der Waals surface area (Å²) in [4.78, 5) is 11.8. The molecule has 1 heterocycles. The molecule has 2 atom stereocenters. The third-order valence-corrected chi connectivity index (χ3v) is 3.59. The second-order valence-electron chi connectivity index (χ2n) is 6.09. The standard InChI is InChI=1S/C14H28N2O2/c1-11(6-8-15)4-5-13(17)16-12-7-9-18-14(2,3)10-12/h11-12H,4-10,15H2,1-3H3,(H,16,17). The van der Waals surface area contributed by atoms with Gasteiger partial charge in [0.05, 0.1) is 5.60 Å². The molecule has 1 saturated heterocycles. The molecule has 0 aromatic rings. The second kappa shape index (κ2) is 7.10. The van der Waals surface area contributed by atoms with Gasteiger partial charge in [-0.1, -0.05) is 6.92 Å². The van der Waals surface area contributed by atoms with Crippen molar-refractivity contribution < 1.29 is 9.53 Å². The maximum absolute atomic E-state index is 11.8. The molecule has 1 rings (SSSR count). The Kier molecular flexibility index (Phi) is 6.09. The van der Waals surface area contributed by atoms with Crippen molar-refractivity contribution in [2.75, 3.05) is 13.2 Å². The van der Waals surface area contributed by atoms with E-state index < -0.39 is 0 Å². The summed E-state index contributed by atoms with van der Waals surface area (Å²) in [6, 6.07) is 0.270. The largest absolute Gasteiger partial charge is 0.375 e. The predicted octanol–water partition coefficient (Wildman–Crippen LogP) is 1.83. The first-order valence-corrected chi connectivity index (χ1v) is 7.06. The molecule has 0 aliphatic carbocycles. The zero-order valence-corrected chi connectivity index (χ0v) is 12.0. The molecule has 18 heavy (non-hydrogen) atoms. The van der Waals surface area contributed by atoms with E-state index in [9.17, 15) is 4.79 Å². The van der Waals surface area contributed by atoms with E-state index >= 15 is 0 Å². The van der Waals surface area contributed by atoms with Gasteiger partial charge in [0.15, 0.2) is 0 Å². The molecule has 0 aromatic carbocycles. The summed E-state index contributed by atoms with van der Waals surface area (Å²) in [5.74, 6) is 0.702. The van der Waals surface area contributed by atoms with Crippen LogP contribution in [0.5, 0.6) is 0 Å². The molecule has 106 valence electrons. The predicted molar refractivity (Wildman–Crippen MR) is 73.3 cm³/mol. The lowest BCUT2D eigenvalue weighted by atomic mass is 9.93. The van der Waals surface area contributed by atoms with E-state index in [4.69, 9.17) is 10.5 Å². The SMILES string of the molecule is CC(CCN)CCC(=O)NC1CCOC(C)(C)C1. The average Bonchev–Trinajstić information content (AvgIpc) is 2.25. The molecule has 1 aliphatic rings. The highest BCUT2D eigenvalue weighted by Gasteiger charge is 2.29. The fraction of sp³-hybridized carbons (Fsp3) is 0.929. The summed E-state index contributed by atoms with van der Waals surface area (Å²) in [7, 11) is 0. The highest BCUT2D eigenvalue weighted by atomic mass is 16.5. The zero-order chi connectivity index (χ0) is 13.6. The van der Waals surface area contributed by atoms with E-state index in [-0.39, 0.29) is 17.6 Å². The molecule has 4 heteroatoms. The van der Waals surface area contributed by atoms with Crippen LogP contribution in [0.25, 0.3) is 0 Å². The van der Waals surface area contributed by atoms with Gasteiger partial charge in [0.25, 0.3) is 0 Å². The Bertz CT molecular complexity index is 267. The summed E-state index contributed by atoms with van der Waals surface area (Å²) < 4.78 is 5.64. The Morgan fingerprint density at radius 2 is 2.22 bits per heavy atom. The lowest BCUT2D eigenvalue weighted by molar-refractivity contribution is -0.124. The fourth-order valence-electron chi connectivity index (χ4n) is 2.46. The monoisotopic (exact) mass is 256 g/mol. The molecule has 1 aliphatic heterocycles. The number of amides is 1. The van der Waals surface area contributed by atoms with E-state index in [0.29, 0.717) is 18.9 Å². The highest BCUT2D eigenvalue weighted by Crippen LogP contribution is 2.24. The molecule has 1 amide bonds. The van der Waals surface area contributed by atoms with Gasteiger partial charge in [-0.3, -0.25) is 4.79 Å². The van der Waals surface area contributed by atoms with Gasteiger partial charge in [0.1, 0.15) is 0 Å². The van der Waals surface area contributed by atoms with Crippen LogP contribution in [-0.4, -0.2) is 30.7 Å². The number of rotatable bonds is 6. The Balaban J connectivity index is 2.23. The van der Waals surface area contributed by atoms with E-state index in [2.05, 4.69) is 26.1 Å². The molecule has 0 radical (unpaired) electrons. The number of nitrogens with one attached hydrogen (secondary N) is 1. The number of carbonyl (C=O) groups is 1. The zero-order valence-electron chi connectivity index (χ0n) is 12.0. The molecule has 3 N–H and O–H groups in total. The molecule has 1 fully saturated rings. The molecular weight excluding hydrogens is 228 g/mol.